The highest BCUT2D eigenvalue weighted by Gasteiger charge is 2.37. The second kappa shape index (κ2) is 10.6. The van der Waals surface area contributed by atoms with Crippen molar-refractivity contribution in [3.05, 3.63) is 52.9 Å². The number of benzene rings is 1. The van der Waals surface area contributed by atoms with E-state index in [-0.39, 0.29) is 5.41 Å². The first-order chi connectivity index (χ1) is 14.2. The topological polar surface area (TPSA) is 68.0 Å². The quantitative estimate of drug-likeness (QED) is 0.503. The predicted octanol–water partition coefficient (Wildman–Crippen LogP) is 3.79. The third-order valence-electron chi connectivity index (χ3n) is 5.31. The van der Waals surface area contributed by atoms with Gasteiger partial charge in [0.05, 0.1) is 19.9 Å². The Labute approximate surface area is 177 Å². The van der Waals surface area contributed by atoms with Gasteiger partial charge in [-0.2, -0.15) is 0 Å². The number of aliphatic imine (C=N–C) groups is 1. The zero-order chi connectivity index (χ0) is 20.5. The Morgan fingerprint density at radius 1 is 1.24 bits per heavy atom. The van der Waals surface area contributed by atoms with Crippen LogP contribution in [0.25, 0.3) is 0 Å². The molecule has 1 saturated heterocycles. The van der Waals surface area contributed by atoms with Gasteiger partial charge in [-0.05, 0) is 50.1 Å². The first-order valence-electron chi connectivity index (χ1n) is 10.1. The molecule has 1 aromatic carbocycles. The molecule has 0 saturated carbocycles. The van der Waals surface area contributed by atoms with Crippen molar-refractivity contribution in [1.82, 2.24) is 10.6 Å². The molecule has 29 heavy (non-hydrogen) atoms. The molecule has 0 atom stereocenters. The van der Waals surface area contributed by atoms with E-state index in [9.17, 15) is 0 Å². The van der Waals surface area contributed by atoms with Gasteiger partial charge in [-0.15, -0.1) is 0 Å². The summed E-state index contributed by atoms with van der Waals surface area (Å²) in [6, 6.07) is 9.69. The maximum absolute atomic E-state index is 6.33. The lowest BCUT2D eigenvalue weighted by molar-refractivity contribution is 0.0523. The van der Waals surface area contributed by atoms with Gasteiger partial charge in [0, 0.05) is 48.7 Å². The van der Waals surface area contributed by atoms with E-state index in [2.05, 4.69) is 17.6 Å². The van der Waals surface area contributed by atoms with Crippen LogP contribution in [-0.2, 0) is 16.6 Å². The molecule has 1 fully saturated rings. The van der Waals surface area contributed by atoms with E-state index in [1.54, 1.807) is 13.4 Å². The van der Waals surface area contributed by atoms with Gasteiger partial charge in [0.2, 0.25) is 0 Å². The van der Waals surface area contributed by atoms with Crippen molar-refractivity contribution >= 4 is 17.6 Å². The molecule has 0 radical (unpaired) electrons. The molecule has 7 heteroatoms. The standard InChI is InChI=1S/C22H30ClN3O3/c1-3-24-21(25-11-8-18-5-4-12-29-18)26-16-22(9-13-28-14-10-22)19-15-17(23)6-7-20(19)27-2/h4-7,12,15H,3,8-11,13-14,16H2,1-2H3,(H2,24,25,26). The second-order valence-electron chi connectivity index (χ2n) is 7.19. The summed E-state index contributed by atoms with van der Waals surface area (Å²) in [7, 11) is 1.70. The number of nitrogens with one attached hydrogen (secondary N) is 2. The number of hydrogen-bond donors (Lipinski definition) is 2. The molecule has 1 aromatic heterocycles. The van der Waals surface area contributed by atoms with Crippen molar-refractivity contribution in [2.24, 2.45) is 4.99 Å². The third kappa shape index (κ3) is 5.67. The summed E-state index contributed by atoms with van der Waals surface area (Å²) in [6.07, 6.45) is 4.25. The zero-order valence-corrected chi connectivity index (χ0v) is 17.9. The Bertz CT molecular complexity index is 787. The van der Waals surface area contributed by atoms with E-state index in [1.807, 2.05) is 30.3 Å². The molecule has 2 aromatic rings. The summed E-state index contributed by atoms with van der Waals surface area (Å²) in [5.74, 6) is 2.60. The highest BCUT2D eigenvalue weighted by molar-refractivity contribution is 6.30. The number of methoxy groups -OCH3 is 1. The van der Waals surface area contributed by atoms with Crippen molar-refractivity contribution < 1.29 is 13.9 Å². The van der Waals surface area contributed by atoms with E-state index in [0.717, 1.165) is 55.4 Å². The van der Waals surface area contributed by atoms with E-state index in [4.69, 9.17) is 30.5 Å². The van der Waals surface area contributed by atoms with E-state index in [1.165, 1.54) is 0 Å². The minimum absolute atomic E-state index is 0.169. The molecule has 0 aliphatic carbocycles. The van der Waals surface area contributed by atoms with Crippen LogP contribution in [0.3, 0.4) is 0 Å². The maximum atomic E-state index is 6.33. The average Bonchev–Trinajstić information content (AvgIpc) is 3.26. The van der Waals surface area contributed by atoms with Crippen LogP contribution in [0.1, 0.15) is 31.1 Å². The third-order valence-corrected chi connectivity index (χ3v) is 5.55. The van der Waals surface area contributed by atoms with Crippen molar-refractivity contribution in [1.29, 1.82) is 0 Å². The SMILES string of the molecule is CCNC(=NCC1(c2cc(Cl)ccc2OC)CCOCC1)NCCc1ccco1. The smallest absolute Gasteiger partial charge is 0.191 e. The van der Waals surface area contributed by atoms with Gasteiger partial charge in [0.25, 0.3) is 0 Å². The molecule has 6 nitrogen and oxygen atoms in total. The van der Waals surface area contributed by atoms with Crippen LogP contribution in [0, 0.1) is 0 Å². The molecular weight excluding hydrogens is 390 g/mol. The van der Waals surface area contributed by atoms with Crippen LogP contribution in [-0.4, -0.2) is 45.9 Å². The molecule has 0 spiro atoms. The van der Waals surface area contributed by atoms with Gasteiger partial charge in [-0.25, -0.2) is 0 Å². The Morgan fingerprint density at radius 3 is 2.76 bits per heavy atom. The van der Waals surface area contributed by atoms with Gasteiger partial charge in [0.1, 0.15) is 11.5 Å². The number of ether oxygens (including phenoxy) is 2. The highest BCUT2D eigenvalue weighted by Crippen LogP contribution is 2.41. The Balaban J connectivity index is 1.78. The highest BCUT2D eigenvalue weighted by atomic mass is 35.5. The normalized spacial score (nSPS) is 16.4. The van der Waals surface area contributed by atoms with Gasteiger partial charge >= 0.3 is 0 Å². The van der Waals surface area contributed by atoms with Crippen molar-refractivity contribution in [2.45, 2.75) is 31.6 Å². The number of hydrogen-bond acceptors (Lipinski definition) is 4. The number of guanidine groups is 1. The lowest BCUT2D eigenvalue weighted by atomic mass is 9.73. The lowest BCUT2D eigenvalue weighted by Crippen LogP contribution is -2.42. The molecule has 0 amide bonds. The van der Waals surface area contributed by atoms with Crippen molar-refractivity contribution in [3.8, 4) is 5.75 Å². The Morgan fingerprint density at radius 2 is 2.07 bits per heavy atom. The van der Waals surface area contributed by atoms with Crippen LogP contribution in [0.4, 0.5) is 0 Å². The van der Waals surface area contributed by atoms with Gasteiger partial charge in [0.15, 0.2) is 5.96 Å². The summed E-state index contributed by atoms with van der Waals surface area (Å²) in [5, 5.41) is 7.44. The fourth-order valence-corrected chi connectivity index (χ4v) is 3.87. The van der Waals surface area contributed by atoms with Crippen LogP contribution < -0.4 is 15.4 Å². The summed E-state index contributed by atoms with van der Waals surface area (Å²) >= 11 is 6.33. The molecule has 2 heterocycles. The fraction of sp³-hybridized carbons (Fsp3) is 0.500. The summed E-state index contributed by atoms with van der Waals surface area (Å²) in [4.78, 5) is 4.92. The molecule has 158 valence electrons. The first-order valence-corrected chi connectivity index (χ1v) is 10.5. The average molecular weight is 420 g/mol. The first kappa shape index (κ1) is 21.5. The van der Waals surface area contributed by atoms with Crippen molar-refractivity contribution in [2.75, 3.05) is 40.0 Å². The van der Waals surface area contributed by atoms with E-state index < -0.39 is 0 Å². The molecule has 1 aliphatic heterocycles. The molecular formula is C22H30ClN3O3. The fourth-order valence-electron chi connectivity index (χ4n) is 3.70. The molecule has 1 aliphatic rings. The lowest BCUT2D eigenvalue weighted by Gasteiger charge is -2.37. The minimum Gasteiger partial charge on any atom is -0.496 e. The zero-order valence-electron chi connectivity index (χ0n) is 17.2. The predicted molar refractivity (Wildman–Crippen MR) is 116 cm³/mol. The molecule has 2 N–H and O–H groups in total. The van der Waals surface area contributed by atoms with E-state index >= 15 is 0 Å². The number of furan rings is 1. The van der Waals surface area contributed by atoms with Gasteiger partial charge < -0.3 is 24.5 Å². The number of rotatable bonds is 8. The number of halogens is 1. The van der Waals surface area contributed by atoms with Crippen LogP contribution in [0.15, 0.2) is 46.0 Å². The maximum Gasteiger partial charge on any atom is 0.191 e. The Hall–Kier alpha value is -2.18. The van der Waals surface area contributed by atoms with Crippen LogP contribution in [0.2, 0.25) is 5.02 Å². The van der Waals surface area contributed by atoms with E-state index in [0.29, 0.717) is 24.8 Å². The minimum atomic E-state index is -0.169. The largest absolute Gasteiger partial charge is 0.496 e. The second-order valence-corrected chi connectivity index (χ2v) is 7.63. The summed E-state index contributed by atoms with van der Waals surface area (Å²) in [6.45, 7) is 5.64. The van der Waals surface area contributed by atoms with Gasteiger partial charge in [-0.1, -0.05) is 11.6 Å². The van der Waals surface area contributed by atoms with Crippen molar-refractivity contribution in [3.63, 3.8) is 0 Å². The van der Waals surface area contributed by atoms with Crippen LogP contribution in [0.5, 0.6) is 5.75 Å². The number of nitrogens with zero attached hydrogens (tertiary/aromatic N) is 1. The Kier molecular flexibility index (Phi) is 7.83. The molecule has 0 bridgehead atoms. The molecule has 0 unspecified atom stereocenters. The summed E-state index contributed by atoms with van der Waals surface area (Å²) < 4.78 is 16.7. The van der Waals surface area contributed by atoms with Gasteiger partial charge in [-0.3, -0.25) is 4.99 Å². The monoisotopic (exact) mass is 419 g/mol. The summed E-state index contributed by atoms with van der Waals surface area (Å²) in [5.41, 5.74) is 0.934. The van der Waals surface area contributed by atoms with Crippen LogP contribution >= 0.6 is 11.6 Å². The molecule has 3 rings (SSSR count).